The van der Waals surface area contributed by atoms with E-state index in [1.54, 1.807) is 0 Å². The van der Waals surface area contributed by atoms with E-state index in [0.717, 1.165) is 10.6 Å². The van der Waals surface area contributed by atoms with Crippen molar-refractivity contribution in [2.24, 2.45) is 0 Å². The Labute approximate surface area is 177 Å². The number of nitro benzene ring substituents is 1. The van der Waals surface area contributed by atoms with Crippen molar-refractivity contribution in [1.82, 2.24) is 14.6 Å². The molecule has 0 spiro atoms. The monoisotopic (exact) mass is 537 g/mol. The average molecular weight is 540 g/mol. The van der Waals surface area contributed by atoms with Crippen LogP contribution in [0.1, 0.15) is 21.9 Å². The number of fused-ring (bicyclic) bond motifs is 1. The van der Waals surface area contributed by atoms with Gasteiger partial charge in [-0.25, -0.2) is 9.50 Å². The van der Waals surface area contributed by atoms with Crippen LogP contribution in [0, 0.1) is 17.0 Å². The van der Waals surface area contributed by atoms with Gasteiger partial charge in [0.1, 0.15) is 5.69 Å². The van der Waals surface area contributed by atoms with Crippen LogP contribution in [0.15, 0.2) is 33.2 Å². The Morgan fingerprint density at radius 2 is 1.89 bits per heavy atom. The molecule has 0 radical (unpaired) electrons. The van der Waals surface area contributed by atoms with Gasteiger partial charge in [0.15, 0.2) is 11.3 Å². The summed E-state index contributed by atoms with van der Waals surface area (Å²) in [6, 6.07) is 4.71. The Morgan fingerprint density at radius 3 is 2.43 bits per heavy atom. The van der Waals surface area contributed by atoms with E-state index in [2.05, 4.69) is 47.3 Å². The summed E-state index contributed by atoms with van der Waals surface area (Å²) in [6.45, 7) is 1.50. The van der Waals surface area contributed by atoms with Crippen LogP contribution in [0.5, 0.6) is 0 Å². The van der Waals surface area contributed by atoms with E-state index in [4.69, 9.17) is 11.6 Å². The third-order valence-electron chi connectivity index (χ3n) is 3.55. The molecular weight excluding hydrogens is 531 g/mol. The topological polar surface area (TPSA) is 102 Å². The minimum Gasteiger partial charge on any atom is -0.319 e. The van der Waals surface area contributed by atoms with Crippen molar-refractivity contribution < 1.29 is 18.5 Å². The molecular formula is C15H8Br2ClF2N5O3. The van der Waals surface area contributed by atoms with Gasteiger partial charge in [0.05, 0.1) is 10.6 Å². The van der Waals surface area contributed by atoms with Crippen LogP contribution >= 0.6 is 43.5 Å². The highest BCUT2D eigenvalue weighted by Crippen LogP contribution is 2.36. The molecule has 0 aliphatic heterocycles. The van der Waals surface area contributed by atoms with Gasteiger partial charge < -0.3 is 5.32 Å². The second-order valence-corrected chi connectivity index (χ2v) is 7.76. The minimum absolute atomic E-state index is 0.0160. The van der Waals surface area contributed by atoms with Crippen molar-refractivity contribution >= 4 is 66.4 Å². The molecule has 0 unspecified atom stereocenters. The number of amides is 1. The molecule has 8 nitrogen and oxygen atoms in total. The summed E-state index contributed by atoms with van der Waals surface area (Å²) in [5.41, 5.74) is -0.526. The number of aryl methyl sites for hydroxylation is 1. The molecule has 13 heteroatoms. The van der Waals surface area contributed by atoms with Gasteiger partial charge in [0.25, 0.3) is 11.6 Å². The molecule has 1 amide bonds. The second-order valence-electron chi connectivity index (χ2n) is 5.58. The van der Waals surface area contributed by atoms with E-state index >= 15 is 0 Å². The normalized spacial score (nSPS) is 11.6. The van der Waals surface area contributed by atoms with Gasteiger partial charge >= 0.3 is 5.38 Å². The summed E-state index contributed by atoms with van der Waals surface area (Å²) >= 11 is 11.4. The minimum atomic E-state index is -3.71. The lowest BCUT2D eigenvalue weighted by molar-refractivity contribution is -0.385. The molecule has 3 aromatic rings. The SMILES string of the molecule is Cc1cc(C(F)(F)Cl)n2nc(C(=O)Nc3c(Br)cc([N+](=O)[O-])cc3Br)cc2n1. The third kappa shape index (κ3) is 3.98. The van der Waals surface area contributed by atoms with Gasteiger partial charge in [-0.05, 0) is 56.5 Å². The highest BCUT2D eigenvalue weighted by atomic mass is 79.9. The fraction of sp³-hybridized carbons (Fsp3) is 0.133. The molecule has 0 saturated heterocycles. The lowest BCUT2D eigenvalue weighted by Gasteiger charge is -2.10. The summed E-state index contributed by atoms with van der Waals surface area (Å²) in [5, 5.41) is 13.5. The Kier molecular flexibility index (Phi) is 5.38. The van der Waals surface area contributed by atoms with Crippen LogP contribution in [0.2, 0.25) is 0 Å². The summed E-state index contributed by atoms with van der Waals surface area (Å²) < 4.78 is 28.6. The van der Waals surface area contributed by atoms with E-state index < -0.39 is 21.9 Å². The first-order chi connectivity index (χ1) is 13.0. The summed E-state index contributed by atoms with van der Waals surface area (Å²) in [7, 11) is 0. The number of halogens is 5. The van der Waals surface area contributed by atoms with Crippen LogP contribution in [0.25, 0.3) is 5.65 Å². The molecule has 28 heavy (non-hydrogen) atoms. The van der Waals surface area contributed by atoms with Crippen LogP contribution in [-0.2, 0) is 5.38 Å². The summed E-state index contributed by atoms with van der Waals surface area (Å²) in [5.74, 6) is -0.734. The fourth-order valence-electron chi connectivity index (χ4n) is 2.38. The number of nitro groups is 1. The zero-order valence-corrected chi connectivity index (χ0v) is 17.6. The molecule has 0 aliphatic carbocycles. The van der Waals surface area contributed by atoms with E-state index in [1.807, 2.05) is 0 Å². The lowest BCUT2D eigenvalue weighted by atomic mass is 10.2. The third-order valence-corrected chi connectivity index (χ3v) is 5.00. The predicted octanol–water partition coefficient (Wildman–Crippen LogP) is 5.01. The standard InChI is InChI=1S/C15H8Br2ClF2N5O3/c1-6-2-11(15(18,19)20)24-12(21-6)5-10(23-24)14(26)22-13-8(16)3-7(25(27)28)4-9(13)17/h2-5H,1H3,(H,22,26). The number of benzene rings is 1. The smallest absolute Gasteiger partial charge is 0.319 e. The van der Waals surface area contributed by atoms with Crippen LogP contribution in [0.4, 0.5) is 20.2 Å². The van der Waals surface area contributed by atoms with E-state index in [9.17, 15) is 23.7 Å². The number of alkyl halides is 3. The van der Waals surface area contributed by atoms with Gasteiger partial charge in [0, 0.05) is 32.8 Å². The predicted molar refractivity (Wildman–Crippen MR) is 104 cm³/mol. The maximum Gasteiger partial charge on any atom is 0.364 e. The Hall–Kier alpha value is -2.18. The Bertz CT molecular complexity index is 1110. The zero-order chi connectivity index (χ0) is 20.8. The molecule has 1 aromatic carbocycles. The van der Waals surface area contributed by atoms with E-state index in [1.165, 1.54) is 25.1 Å². The molecule has 2 heterocycles. The van der Waals surface area contributed by atoms with Gasteiger partial charge in [-0.1, -0.05) is 0 Å². The largest absolute Gasteiger partial charge is 0.364 e. The number of hydrogen-bond acceptors (Lipinski definition) is 5. The van der Waals surface area contributed by atoms with E-state index in [0.29, 0.717) is 0 Å². The molecule has 146 valence electrons. The van der Waals surface area contributed by atoms with Crippen molar-refractivity contribution in [3.8, 4) is 0 Å². The molecule has 0 atom stereocenters. The molecule has 1 N–H and O–H groups in total. The molecule has 2 aromatic heterocycles. The van der Waals surface area contributed by atoms with Gasteiger partial charge in [-0.3, -0.25) is 14.9 Å². The van der Waals surface area contributed by atoms with E-state index in [-0.39, 0.29) is 37.4 Å². The molecule has 0 saturated carbocycles. The van der Waals surface area contributed by atoms with Crippen molar-refractivity contribution in [1.29, 1.82) is 0 Å². The number of nitrogens with zero attached hydrogens (tertiary/aromatic N) is 4. The number of aromatic nitrogens is 3. The first-order valence-electron chi connectivity index (χ1n) is 7.37. The summed E-state index contributed by atoms with van der Waals surface area (Å²) in [6.07, 6.45) is 0. The molecule has 0 aliphatic rings. The number of anilines is 1. The van der Waals surface area contributed by atoms with Crippen molar-refractivity contribution in [2.45, 2.75) is 12.3 Å². The van der Waals surface area contributed by atoms with Gasteiger partial charge in [0.2, 0.25) is 0 Å². The van der Waals surface area contributed by atoms with Crippen LogP contribution < -0.4 is 5.32 Å². The van der Waals surface area contributed by atoms with Crippen LogP contribution in [0.3, 0.4) is 0 Å². The number of nitrogens with one attached hydrogen (secondary N) is 1. The maximum absolute atomic E-state index is 13.6. The first-order valence-corrected chi connectivity index (χ1v) is 9.33. The van der Waals surface area contributed by atoms with Crippen molar-refractivity contribution in [3.63, 3.8) is 0 Å². The van der Waals surface area contributed by atoms with Crippen molar-refractivity contribution in [3.05, 3.63) is 60.4 Å². The van der Waals surface area contributed by atoms with Gasteiger partial charge in [-0.15, -0.1) is 0 Å². The summed E-state index contributed by atoms with van der Waals surface area (Å²) in [4.78, 5) is 26.9. The average Bonchev–Trinajstić information content (AvgIpc) is 2.99. The second kappa shape index (κ2) is 7.33. The Balaban J connectivity index is 2.00. The quantitative estimate of drug-likeness (QED) is 0.285. The molecule has 0 bridgehead atoms. The Morgan fingerprint density at radius 1 is 1.29 bits per heavy atom. The first kappa shape index (κ1) is 20.6. The number of carbonyl (C=O) groups excluding carboxylic acids is 1. The molecule has 3 rings (SSSR count). The number of hydrogen-bond donors (Lipinski definition) is 1. The molecule has 0 fully saturated rings. The number of non-ortho nitro benzene ring substituents is 1. The lowest BCUT2D eigenvalue weighted by Crippen LogP contribution is -2.15. The highest BCUT2D eigenvalue weighted by Gasteiger charge is 2.33. The number of rotatable bonds is 4. The highest BCUT2D eigenvalue weighted by molar-refractivity contribution is 9.11. The maximum atomic E-state index is 13.6. The van der Waals surface area contributed by atoms with Crippen LogP contribution in [-0.4, -0.2) is 25.4 Å². The zero-order valence-electron chi connectivity index (χ0n) is 13.7. The van der Waals surface area contributed by atoms with Gasteiger partial charge in [-0.2, -0.15) is 13.9 Å². The van der Waals surface area contributed by atoms with Crippen molar-refractivity contribution in [2.75, 3.05) is 5.32 Å². The number of carbonyl (C=O) groups is 1. The fourth-order valence-corrected chi connectivity index (χ4v) is 3.87.